The summed E-state index contributed by atoms with van der Waals surface area (Å²) in [6, 6.07) is 0. The maximum atomic E-state index is 14.7. The van der Waals surface area contributed by atoms with Crippen molar-refractivity contribution >= 4 is 0 Å². The highest BCUT2D eigenvalue weighted by Gasteiger charge is 3.22. The van der Waals surface area contributed by atoms with E-state index in [1.807, 2.05) is 0 Å². The second-order valence-electron chi connectivity index (χ2n) is 6.35. The van der Waals surface area contributed by atoms with Gasteiger partial charge in [-0.2, -0.15) is 43.9 Å². The molecular weight excluding hydrogens is 430 g/mol. The van der Waals surface area contributed by atoms with E-state index in [0.29, 0.717) is 0 Å². The molecule has 4 fully saturated rings. The van der Waals surface area contributed by atoms with Crippen LogP contribution in [0.1, 0.15) is 0 Å². The number of rotatable bonds is 1. The van der Waals surface area contributed by atoms with Gasteiger partial charge in [-0.15, -0.1) is 0 Å². The van der Waals surface area contributed by atoms with Crippen LogP contribution in [0.3, 0.4) is 0 Å². The average Bonchev–Trinajstić information content (AvgIpc) is 2.53. The molecule has 0 radical (unpaired) electrons. The Morgan fingerprint density at radius 1 is 0.444 bits per heavy atom. The van der Waals surface area contributed by atoms with E-state index >= 15 is 0 Å². The van der Waals surface area contributed by atoms with Gasteiger partial charge in [0.15, 0.2) is 0 Å². The molecule has 0 saturated heterocycles. The van der Waals surface area contributed by atoms with Gasteiger partial charge in [-0.05, 0) is 0 Å². The van der Waals surface area contributed by atoms with Crippen LogP contribution in [-0.4, -0.2) is 70.3 Å². The largest absolute Gasteiger partial charge is 0.360 e. The van der Waals surface area contributed by atoms with Crippen LogP contribution in [0.4, 0.5) is 61.5 Å². The first-order valence-electron chi connectivity index (χ1n) is 6.48. The molecule has 0 aromatic carbocycles. The Labute approximate surface area is 138 Å². The van der Waals surface area contributed by atoms with E-state index in [1.54, 1.807) is 0 Å². The van der Waals surface area contributed by atoms with Crippen molar-refractivity contribution in [2.45, 2.75) is 58.1 Å². The van der Waals surface area contributed by atoms with Crippen LogP contribution >= 0.6 is 0 Å². The summed E-state index contributed by atoms with van der Waals surface area (Å²) in [6.07, 6.45) is 0. The van der Waals surface area contributed by atoms with Crippen molar-refractivity contribution < 1.29 is 71.3 Å². The highest BCUT2D eigenvalue weighted by Crippen LogP contribution is 2.88. The lowest BCUT2D eigenvalue weighted by Gasteiger charge is -2.74. The fourth-order valence-electron chi connectivity index (χ4n) is 4.13. The third-order valence-corrected chi connectivity index (χ3v) is 5.56. The van der Waals surface area contributed by atoms with Crippen LogP contribution in [0.15, 0.2) is 0 Å². The van der Waals surface area contributed by atoms with E-state index in [4.69, 9.17) is 0 Å². The monoisotopic (exact) mass is 434 g/mol. The quantitative estimate of drug-likeness (QED) is 0.507. The fourth-order valence-corrected chi connectivity index (χ4v) is 4.13. The Kier molecular flexibility index (Phi) is 3.05. The minimum atomic E-state index is -7.75. The maximum Gasteiger partial charge on any atom is 0.339 e. The number of hydrogen-bond donors (Lipinski definition) is 1. The summed E-state index contributed by atoms with van der Waals surface area (Å²) >= 11 is 0. The number of hydrogen-bond acceptors (Lipinski definition) is 2. The Morgan fingerprint density at radius 2 is 0.630 bits per heavy atom. The molecule has 158 valence electrons. The Hall–Kier alpha value is -1.06. The molecule has 0 heterocycles. The maximum absolute atomic E-state index is 14.7. The predicted molar refractivity (Wildman–Crippen MR) is 52.0 cm³/mol. The van der Waals surface area contributed by atoms with Crippen molar-refractivity contribution in [2.24, 2.45) is 0 Å². The van der Waals surface area contributed by atoms with E-state index < -0.39 is 65.2 Å². The predicted octanol–water partition coefficient (Wildman–Crippen LogP) is 3.37. The zero-order chi connectivity index (χ0) is 21.7. The zero-order valence-corrected chi connectivity index (χ0v) is 12.1. The molecule has 27 heavy (non-hydrogen) atoms. The van der Waals surface area contributed by atoms with E-state index in [0.717, 1.165) is 0 Å². The molecule has 4 aliphatic carbocycles. The summed E-state index contributed by atoms with van der Waals surface area (Å²) in [5.41, 5.74) is -29.5. The van der Waals surface area contributed by atoms with E-state index in [-0.39, 0.29) is 0 Å². The molecule has 0 aromatic rings. The molecule has 4 bridgehead atoms. The third-order valence-electron chi connectivity index (χ3n) is 5.56. The van der Waals surface area contributed by atoms with Crippen molar-refractivity contribution in [3.8, 4) is 0 Å². The Bertz CT molecular complexity index is 643. The first-order valence-corrected chi connectivity index (χ1v) is 6.48. The molecule has 0 unspecified atom stereocenters. The normalized spacial score (nSPS) is 55.6. The van der Waals surface area contributed by atoms with Gasteiger partial charge in [0.1, 0.15) is 0 Å². The molecule has 4 aliphatic rings. The molecule has 0 aromatic heterocycles. The molecule has 0 amide bonds. The van der Waals surface area contributed by atoms with Gasteiger partial charge < -0.3 is 9.84 Å². The summed E-state index contributed by atoms with van der Waals surface area (Å²) in [4.78, 5) is 0. The smallest absolute Gasteiger partial charge is 0.339 e. The van der Waals surface area contributed by atoms with Gasteiger partial charge in [-0.1, -0.05) is 0 Å². The summed E-state index contributed by atoms with van der Waals surface area (Å²) in [6.45, 7) is 0. The van der Waals surface area contributed by atoms with Gasteiger partial charge >= 0.3 is 41.0 Å². The molecular formula is C11H4F14O2. The highest BCUT2D eigenvalue weighted by atomic mass is 19.3. The first kappa shape index (κ1) is 20.7. The minimum absolute atomic E-state index is 0.517. The van der Waals surface area contributed by atoms with Gasteiger partial charge in [0, 0.05) is 7.11 Å². The molecule has 0 atom stereocenters. The first-order chi connectivity index (χ1) is 11.6. The number of aliphatic hydroxyl groups is 1. The van der Waals surface area contributed by atoms with Crippen molar-refractivity contribution in [1.82, 2.24) is 0 Å². The molecule has 2 nitrogen and oxygen atoms in total. The molecule has 1 N–H and O–H groups in total. The number of ether oxygens (including phenoxy) is 1. The standard InChI is InChI=1S/C11H4F14O2/c1-27-11(26)4(14)7(18,19)2(12)6(16,17)3(13,9(4,22)23)10(24,25)5(11,15)8(2,20)21/h26H,1H3. The van der Waals surface area contributed by atoms with Crippen molar-refractivity contribution in [2.75, 3.05) is 7.11 Å². The van der Waals surface area contributed by atoms with Crippen LogP contribution in [-0.2, 0) is 4.74 Å². The van der Waals surface area contributed by atoms with Crippen molar-refractivity contribution in [1.29, 1.82) is 0 Å². The number of methoxy groups -OCH3 is 1. The van der Waals surface area contributed by atoms with Gasteiger partial charge in [0.05, 0.1) is 0 Å². The van der Waals surface area contributed by atoms with E-state index in [2.05, 4.69) is 4.74 Å². The summed E-state index contributed by atoms with van der Waals surface area (Å²) in [5, 5.41) is 9.39. The average molecular weight is 434 g/mol. The molecule has 16 heteroatoms. The second kappa shape index (κ2) is 3.98. The summed E-state index contributed by atoms with van der Waals surface area (Å²) in [7, 11) is -0.517. The zero-order valence-electron chi connectivity index (χ0n) is 12.1. The van der Waals surface area contributed by atoms with Crippen LogP contribution in [0.25, 0.3) is 0 Å². The minimum Gasteiger partial charge on any atom is -0.360 e. The molecule has 0 aliphatic heterocycles. The van der Waals surface area contributed by atoms with Crippen molar-refractivity contribution in [3.63, 3.8) is 0 Å². The van der Waals surface area contributed by atoms with Gasteiger partial charge in [-0.25, -0.2) is 17.6 Å². The molecule has 4 saturated carbocycles. The van der Waals surface area contributed by atoms with Crippen LogP contribution in [0.2, 0.25) is 0 Å². The van der Waals surface area contributed by atoms with Crippen LogP contribution in [0.5, 0.6) is 0 Å². The summed E-state index contributed by atoms with van der Waals surface area (Å²) in [5.74, 6) is -44.3. The van der Waals surface area contributed by atoms with Crippen molar-refractivity contribution in [3.05, 3.63) is 0 Å². The fraction of sp³-hybridized carbons (Fsp3) is 1.00. The molecule has 0 spiro atoms. The Balaban J connectivity index is 2.72. The lowest BCUT2D eigenvalue weighted by Crippen LogP contribution is -3.10. The highest BCUT2D eigenvalue weighted by molar-refractivity contribution is 5.54. The lowest BCUT2D eigenvalue weighted by atomic mass is 9.40. The number of alkyl halides is 14. The third kappa shape index (κ3) is 1.09. The van der Waals surface area contributed by atoms with E-state index in [1.165, 1.54) is 0 Å². The Morgan fingerprint density at radius 3 is 0.815 bits per heavy atom. The SMILES string of the molecule is COC1(O)C2(F)C(F)(F)C3(F)C(F)(F)C(F)(C2(F)F)C(F)(F)C1(F)C3(F)F. The van der Waals surface area contributed by atoms with Crippen LogP contribution < -0.4 is 0 Å². The van der Waals surface area contributed by atoms with Gasteiger partial charge in [0.2, 0.25) is 0 Å². The summed E-state index contributed by atoms with van der Waals surface area (Å²) < 4.78 is 201. The number of halogens is 14. The van der Waals surface area contributed by atoms with E-state index in [9.17, 15) is 66.6 Å². The topological polar surface area (TPSA) is 29.5 Å². The lowest BCUT2D eigenvalue weighted by molar-refractivity contribution is -0.624. The van der Waals surface area contributed by atoms with Gasteiger partial charge in [0.25, 0.3) is 17.1 Å². The van der Waals surface area contributed by atoms with Gasteiger partial charge in [-0.3, -0.25) is 0 Å². The second-order valence-corrected chi connectivity index (χ2v) is 6.35. The van der Waals surface area contributed by atoms with Crippen LogP contribution in [0, 0.1) is 0 Å². The molecule has 4 rings (SSSR count).